The lowest BCUT2D eigenvalue weighted by atomic mass is 10.3. The molecule has 0 bridgehead atoms. The van der Waals surface area contributed by atoms with Gasteiger partial charge in [-0.05, 0) is 12.1 Å². The Morgan fingerprint density at radius 3 is 2.85 bits per heavy atom. The highest BCUT2D eigenvalue weighted by atomic mass is 35.5. The monoisotopic (exact) mass is 311 g/mol. The maximum absolute atomic E-state index is 12.0. The summed E-state index contributed by atoms with van der Waals surface area (Å²) >= 11 is 7.74. The van der Waals surface area contributed by atoms with Crippen LogP contribution in [0.2, 0.25) is 5.02 Å². The molecule has 0 atom stereocenters. The van der Waals surface area contributed by atoms with Gasteiger partial charge in [-0.3, -0.25) is 4.79 Å². The molecule has 1 saturated heterocycles. The summed E-state index contributed by atoms with van der Waals surface area (Å²) in [6.07, 6.45) is 3.56. The second-order valence-electron chi connectivity index (χ2n) is 4.48. The lowest BCUT2D eigenvalue weighted by Gasteiger charge is -2.35. The molecular formula is C14H18ClN3OS. The molecule has 1 aromatic rings. The van der Waals surface area contributed by atoms with Crippen molar-refractivity contribution in [3.8, 4) is 0 Å². The Kier molecular flexibility index (Phi) is 5.73. The fourth-order valence-corrected chi connectivity index (χ4v) is 2.98. The molecule has 4 nitrogen and oxygen atoms in total. The van der Waals surface area contributed by atoms with Gasteiger partial charge in [0, 0.05) is 38.1 Å². The third-order valence-electron chi connectivity index (χ3n) is 3.13. The first-order valence-electron chi connectivity index (χ1n) is 6.54. The predicted molar refractivity (Wildman–Crippen MR) is 85.6 cm³/mol. The van der Waals surface area contributed by atoms with Crippen LogP contribution in [0, 0.1) is 0 Å². The number of rotatable bonds is 5. The summed E-state index contributed by atoms with van der Waals surface area (Å²) in [5.41, 5.74) is 0. The molecule has 2 heterocycles. The van der Waals surface area contributed by atoms with Crippen LogP contribution in [0.4, 0.5) is 5.82 Å². The Bertz CT molecular complexity index is 475. The molecule has 108 valence electrons. The molecule has 1 amide bonds. The van der Waals surface area contributed by atoms with E-state index in [-0.39, 0.29) is 5.91 Å². The number of anilines is 1. The largest absolute Gasteiger partial charge is 0.352 e. The molecule has 0 spiro atoms. The van der Waals surface area contributed by atoms with Crippen LogP contribution in [0.15, 0.2) is 31.0 Å². The maximum Gasteiger partial charge on any atom is 0.232 e. The van der Waals surface area contributed by atoms with Gasteiger partial charge in [-0.2, -0.15) is 0 Å². The van der Waals surface area contributed by atoms with Crippen LogP contribution in [-0.4, -0.2) is 53.5 Å². The summed E-state index contributed by atoms with van der Waals surface area (Å²) in [4.78, 5) is 20.3. The number of hydrogen-bond acceptors (Lipinski definition) is 4. The number of carbonyl (C=O) groups excluding carboxylic acids is 1. The SMILES string of the molecule is C=CCSCC(=O)N1CCN(c2ncccc2Cl)CC1. The minimum absolute atomic E-state index is 0.198. The maximum atomic E-state index is 12.0. The fourth-order valence-electron chi connectivity index (χ4n) is 2.10. The molecule has 20 heavy (non-hydrogen) atoms. The van der Waals surface area contributed by atoms with Gasteiger partial charge in [-0.25, -0.2) is 4.98 Å². The van der Waals surface area contributed by atoms with Gasteiger partial charge in [0.1, 0.15) is 5.82 Å². The number of halogens is 1. The van der Waals surface area contributed by atoms with E-state index in [4.69, 9.17) is 11.6 Å². The molecule has 1 fully saturated rings. The summed E-state index contributed by atoms with van der Waals surface area (Å²) < 4.78 is 0. The van der Waals surface area contributed by atoms with Crippen molar-refractivity contribution in [1.82, 2.24) is 9.88 Å². The molecule has 2 rings (SSSR count). The van der Waals surface area contributed by atoms with E-state index in [0.717, 1.165) is 37.7 Å². The number of hydrogen-bond donors (Lipinski definition) is 0. The standard InChI is InChI=1S/C14H18ClN3OS/c1-2-10-20-11-13(19)17-6-8-18(9-7-17)14-12(15)4-3-5-16-14/h2-5H,1,6-11H2. The zero-order valence-electron chi connectivity index (χ0n) is 11.3. The minimum atomic E-state index is 0.198. The van der Waals surface area contributed by atoms with E-state index in [1.54, 1.807) is 18.0 Å². The summed E-state index contributed by atoms with van der Waals surface area (Å²) in [6, 6.07) is 3.66. The van der Waals surface area contributed by atoms with Crippen molar-refractivity contribution in [2.75, 3.05) is 42.6 Å². The predicted octanol–water partition coefficient (Wildman–Crippen LogP) is 2.30. The van der Waals surface area contributed by atoms with Crippen LogP contribution in [-0.2, 0) is 4.79 Å². The first-order valence-corrected chi connectivity index (χ1v) is 8.07. The number of thioether (sulfide) groups is 1. The Balaban J connectivity index is 1.85. The molecule has 0 unspecified atom stereocenters. The van der Waals surface area contributed by atoms with Crippen molar-refractivity contribution in [1.29, 1.82) is 0 Å². The highest BCUT2D eigenvalue weighted by Crippen LogP contribution is 2.23. The Labute approximate surface area is 128 Å². The van der Waals surface area contributed by atoms with Crippen molar-refractivity contribution < 1.29 is 4.79 Å². The minimum Gasteiger partial charge on any atom is -0.352 e. The molecule has 0 saturated carbocycles. The van der Waals surface area contributed by atoms with E-state index >= 15 is 0 Å². The van der Waals surface area contributed by atoms with E-state index in [2.05, 4.69) is 16.5 Å². The van der Waals surface area contributed by atoms with Gasteiger partial charge in [-0.15, -0.1) is 18.3 Å². The molecule has 1 aromatic heterocycles. The third-order valence-corrected chi connectivity index (χ3v) is 4.35. The number of nitrogens with zero attached hydrogens (tertiary/aromatic N) is 3. The van der Waals surface area contributed by atoms with E-state index in [1.165, 1.54) is 0 Å². The zero-order chi connectivity index (χ0) is 14.4. The van der Waals surface area contributed by atoms with Crippen molar-refractivity contribution in [2.24, 2.45) is 0 Å². The van der Waals surface area contributed by atoms with Gasteiger partial charge < -0.3 is 9.80 Å². The Morgan fingerprint density at radius 2 is 2.20 bits per heavy atom. The zero-order valence-corrected chi connectivity index (χ0v) is 12.9. The fraction of sp³-hybridized carbons (Fsp3) is 0.429. The molecule has 1 aliphatic rings. The number of aromatic nitrogens is 1. The third kappa shape index (κ3) is 3.90. The molecule has 0 N–H and O–H groups in total. The van der Waals surface area contributed by atoms with Crippen molar-refractivity contribution in [2.45, 2.75) is 0 Å². The van der Waals surface area contributed by atoms with Crippen LogP contribution >= 0.6 is 23.4 Å². The van der Waals surface area contributed by atoms with E-state index in [1.807, 2.05) is 23.1 Å². The lowest BCUT2D eigenvalue weighted by molar-refractivity contribution is -0.128. The van der Waals surface area contributed by atoms with Gasteiger partial charge in [0.2, 0.25) is 5.91 Å². The van der Waals surface area contributed by atoms with Gasteiger partial charge in [0.25, 0.3) is 0 Å². The van der Waals surface area contributed by atoms with Gasteiger partial charge in [0.15, 0.2) is 0 Å². The number of piperazine rings is 1. The quantitative estimate of drug-likeness (QED) is 0.617. The lowest BCUT2D eigenvalue weighted by Crippen LogP contribution is -2.49. The van der Waals surface area contributed by atoms with E-state index in [0.29, 0.717) is 10.8 Å². The number of carbonyl (C=O) groups is 1. The van der Waals surface area contributed by atoms with Crippen molar-refractivity contribution >= 4 is 35.1 Å². The number of amides is 1. The molecule has 0 aromatic carbocycles. The van der Waals surface area contributed by atoms with Crippen LogP contribution in [0.3, 0.4) is 0 Å². The molecule has 1 aliphatic heterocycles. The van der Waals surface area contributed by atoms with Gasteiger partial charge in [-0.1, -0.05) is 17.7 Å². The van der Waals surface area contributed by atoms with Crippen LogP contribution < -0.4 is 4.90 Å². The highest BCUT2D eigenvalue weighted by Gasteiger charge is 2.22. The smallest absolute Gasteiger partial charge is 0.232 e. The average Bonchev–Trinajstić information content (AvgIpc) is 2.48. The van der Waals surface area contributed by atoms with Crippen LogP contribution in [0.5, 0.6) is 0 Å². The summed E-state index contributed by atoms with van der Waals surface area (Å²) in [5.74, 6) is 2.34. The summed E-state index contributed by atoms with van der Waals surface area (Å²) in [6.45, 7) is 6.64. The van der Waals surface area contributed by atoms with Crippen molar-refractivity contribution in [3.63, 3.8) is 0 Å². The summed E-state index contributed by atoms with van der Waals surface area (Å²) in [5, 5.41) is 0.661. The molecule has 0 radical (unpaired) electrons. The van der Waals surface area contributed by atoms with Crippen molar-refractivity contribution in [3.05, 3.63) is 36.0 Å². The van der Waals surface area contributed by atoms with Gasteiger partial charge in [0.05, 0.1) is 10.8 Å². The molecule has 0 aliphatic carbocycles. The first kappa shape index (κ1) is 15.2. The Morgan fingerprint density at radius 1 is 1.45 bits per heavy atom. The second kappa shape index (κ2) is 7.55. The van der Waals surface area contributed by atoms with Crippen LogP contribution in [0.1, 0.15) is 0 Å². The molecule has 6 heteroatoms. The Hall–Kier alpha value is -1.20. The highest BCUT2D eigenvalue weighted by molar-refractivity contribution is 8.00. The summed E-state index contributed by atoms with van der Waals surface area (Å²) in [7, 11) is 0. The second-order valence-corrected chi connectivity index (χ2v) is 5.92. The normalized spacial score (nSPS) is 15.2. The average molecular weight is 312 g/mol. The number of pyridine rings is 1. The van der Waals surface area contributed by atoms with E-state index < -0.39 is 0 Å². The molecular weight excluding hydrogens is 294 g/mol. The van der Waals surface area contributed by atoms with Gasteiger partial charge >= 0.3 is 0 Å². The van der Waals surface area contributed by atoms with E-state index in [9.17, 15) is 4.79 Å². The van der Waals surface area contributed by atoms with Crippen LogP contribution in [0.25, 0.3) is 0 Å². The topological polar surface area (TPSA) is 36.4 Å². The first-order chi connectivity index (χ1) is 9.72.